The molecule has 3 aliphatic rings. The van der Waals surface area contributed by atoms with Crippen molar-refractivity contribution < 1.29 is 33.3 Å². The maximum atomic E-state index is 14.9. The minimum atomic E-state index is -0.875. The molecule has 0 spiro atoms. The van der Waals surface area contributed by atoms with Gasteiger partial charge in [-0.1, -0.05) is 19.9 Å². The Morgan fingerprint density at radius 1 is 1.07 bits per heavy atom. The highest BCUT2D eigenvalue weighted by molar-refractivity contribution is 5.71. The maximum absolute atomic E-state index is 14.9. The van der Waals surface area contributed by atoms with Gasteiger partial charge >= 0.3 is 12.1 Å². The molecule has 1 amide bonds. The number of benzene rings is 1. The number of esters is 1. The van der Waals surface area contributed by atoms with Crippen LogP contribution in [0.1, 0.15) is 45.6 Å². The van der Waals surface area contributed by atoms with Gasteiger partial charge in [0.2, 0.25) is 0 Å². The van der Waals surface area contributed by atoms with Crippen molar-refractivity contribution in [3.8, 4) is 0 Å². The van der Waals surface area contributed by atoms with Crippen LogP contribution in [0, 0.1) is 17.7 Å². The number of anilines is 1. The van der Waals surface area contributed by atoms with E-state index in [0.717, 1.165) is 31.9 Å². The largest absolute Gasteiger partial charge is 0.457 e. The second-order valence-electron chi connectivity index (χ2n) is 11.9. The first-order valence-corrected chi connectivity index (χ1v) is 15.1. The number of cyclic esters (lactones) is 1. The monoisotopic (exact) mass is 587 g/mol. The van der Waals surface area contributed by atoms with Gasteiger partial charge in [-0.2, -0.15) is 0 Å². The summed E-state index contributed by atoms with van der Waals surface area (Å²) in [6, 6.07) is 5.03. The molecule has 0 aromatic heterocycles. The first kappa shape index (κ1) is 32.0. The summed E-state index contributed by atoms with van der Waals surface area (Å²) in [5.41, 5.74) is 1.98. The van der Waals surface area contributed by atoms with Crippen molar-refractivity contribution >= 4 is 23.8 Å². The van der Waals surface area contributed by atoms with E-state index in [0.29, 0.717) is 50.3 Å². The number of aliphatic hydroxyl groups is 1. The molecule has 3 aliphatic heterocycles. The first-order chi connectivity index (χ1) is 20.1. The van der Waals surface area contributed by atoms with Crippen LogP contribution in [-0.4, -0.2) is 105 Å². The van der Waals surface area contributed by atoms with Crippen molar-refractivity contribution in [3.63, 3.8) is 0 Å². The van der Waals surface area contributed by atoms with Gasteiger partial charge in [0.1, 0.15) is 18.0 Å². The van der Waals surface area contributed by atoms with Gasteiger partial charge in [-0.3, -0.25) is 4.79 Å². The van der Waals surface area contributed by atoms with Crippen molar-refractivity contribution in [2.75, 3.05) is 64.4 Å². The number of piperazine rings is 1. The minimum Gasteiger partial charge on any atom is -0.457 e. The molecule has 0 unspecified atom stereocenters. The Labute approximate surface area is 248 Å². The van der Waals surface area contributed by atoms with Crippen molar-refractivity contribution in [1.29, 1.82) is 0 Å². The zero-order valence-corrected chi connectivity index (χ0v) is 25.3. The third-order valence-electron chi connectivity index (χ3n) is 8.44. The highest BCUT2D eigenvalue weighted by atomic mass is 19.1. The van der Waals surface area contributed by atoms with Crippen LogP contribution < -0.4 is 4.90 Å². The van der Waals surface area contributed by atoms with Crippen molar-refractivity contribution in [3.05, 3.63) is 47.3 Å². The third kappa shape index (κ3) is 8.78. The van der Waals surface area contributed by atoms with Crippen LogP contribution in [0.3, 0.4) is 0 Å². The lowest BCUT2D eigenvalue weighted by Gasteiger charge is -2.33. The summed E-state index contributed by atoms with van der Waals surface area (Å²) >= 11 is 0. The van der Waals surface area contributed by atoms with E-state index in [4.69, 9.17) is 14.2 Å². The number of hydrogen-bond acceptors (Lipinski definition) is 8. The number of nitrogens with zero attached hydrogens (tertiary/aromatic N) is 3. The molecule has 2 saturated heterocycles. The number of hydrogen-bond donors (Lipinski definition) is 1. The maximum Gasteiger partial charge on any atom is 0.410 e. The van der Waals surface area contributed by atoms with Crippen LogP contribution in [0.4, 0.5) is 14.9 Å². The van der Waals surface area contributed by atoms with E-state index >= 15 is 0 Å². The van der Waals surface area contributed by atoms with Gasteiger partial charge in [-0.15, -0.1) is 0 Å². The standard InChI is InChI=1S/C32H46FN3O6/c1-22-5-8-27(37)21-30(38)42-31(23(2)6-10-29(22)41-32(39)36-13-11-34(4)12-14-36)24(3)19-25-20-26(7-9-28(25)33)35-15-17-40-18-16-35/h6-7,9-10,19-20,22-23,27,29,31,37H,5,8,11-18,21H2,1-4H3/b10-6-,24-19+/t22-,23-,27+,29-,31-/m0/s1. The minimum absolute atomic E-state index is 0.0675. The fourth-order valence-corrected chi connectivity index (χ4v) is 5.62. The summed E-state index contributed by atoms with van der Waals surface area (Å²) in [7, 11) is 2.03. The van der Waals surface area contributed by atoms with Crippen molar-refractivity contribution in [2.24, 2.45) is 11.8 Å². The van der Waals surface area contributed by atoms with E-state index in [2.05, 4.69) is 9.80 Å². The lowest BCUT2D eigenvalue weighted by molar-refractivity contribution is -0.151. The third-order valence-corrected chi connectivity index (χ3v) is 8.44. The molecule has 5 atom stereocenters. The Hall–Kier alpha value is -2.95. The molecule has 2 fully saturated rings. The molecular formula is C32H46FN3O6. The van der Waals surface area contributed by atoms with Crippen LogP contribution in [0.2, 0.25) is 0 Å². The van der Waals surface area contributed by atoms with Crippen LogP contribution in [0.15, 0.2) is 35.9 Å². The zero-order chi connectivity index (χ0) is 30.2. The van der Waals surface area contributed by atoms with E-state index in [1.54, 1.807) is 23.1 Å². The fourth-order valence-electron chi connectivity index (χ4n) is 5.62. The van der Waals surface area contributed by atoms with Gasteiger partial charge in [-0.05, 0) is 68.7 Å². The molecule has 0 saturated carbocycles. The number of carbonyl (C=O) groups excluding carboxylic acids is 2. The normalized spacial score (nSPS) is 29.7. The Bertz CT molecular complexity index is 1130. The van der Waals surface area contributed by atoms with Crippen LogP contribution in [0.5, 0.6) is 0 Å². The number of aliphatic hydroxyl groups excluding tert-OH is 1. The van der Waals surface area contributed by atoms with E-state index < -0.39 is 24.3 Å². The zero-order valence-electron chi connectivity index (χ0n) is 25.3. The van der Waals surface area contributed by atoms with E-state index in [9.17, 15) is 19.1 Å². The number of likely N-dealkylation sites (N-methyl/N-ethyl adjacent to an activating group) is 1. The number of rotatable bonds is 4. The quantitative estimate of drug-likeness (QED) is 0.416. The molecule has 10 heteroatoms. The van der Waals surface area contributed by atoms with Gasteiger partial charge in [-0.25, -0.2) is 9.18 Å². The number of carbonyl (C=O) groups is 2. The van der Waals surface area contributed by atoms with Crippen molar-refractivity contribution in [1.82, 2.24) is 9.80 Å². The molecule has 0 radical (unpaired) electrons. The van der Waals surface area contributed by atoms with E-state index in [1.165, 1.54) is 6.07 Å². The SMILES string of the molecule is C/C(=C\c1cc(N2CCOCC2)ccc1F)[C@H]1OC(=O)C[C@H](O)CC[C@H](C)[C@@H](OC(=O)N2CCN(C)CC2)/C=C\[C@@H]1C. The molecule has 4 rings (SSSR count). The second-order valence-corrected chi connectivity index (χ2v) is 11.9. The van der Waals surface area contributed by atoms with Gasteiger partial charge in [0, 0.05) is 56.4 Å². The molecule has 0 aliphatic carbocycles. The molecule has 232 valence electrons. The summed E-state index contributed by atoms with van der Waals surface area (Å²) in [5.74, 6) is -1.24. The first-order valence-electron chi connectivity index (χ1n) is 15.1. The highest BCUT2D eigenvalue weighted by Gasteiger charge is 2.29. The number of amides is 1. The second kappa shape index (κ2) is 15.0. The van der Waals surface area contributed by atoms with Crippen LogP contribution in [-0.2, 0) is 19.0 Å². The number of morpholine rings is 1. The summed E-state index contributed by atoms with van der Waals surface area (Å²) in [6.07, 6.45) is 3.88. The summed E-state index contributed by atoms with van der Waals surface area (Å²) in [4.78, 5) is 31.9. The lowest BCUT2D eigenvalue weighted by Crippen LogP contribution is -2.48. The average molecular weight is 588 g/mol. The molecule has 3 heterocycles. The fraction of sp³-hybridized carbons (Fsp3) is 0.625. The van der Waals surface area contributed by atoms with Gasteiger partial charge in [0.15, 0.2) is 0 Å². The Morgan fingerprint density at radius 2 is 1.79 bits per heavy atom. The smallest absolute Gasteiger partial charge is 0.410 e. The van der Waals surface area contributed by atoms with Gasteiger partial charge in [0.25, 0.3) is 0 Å². The number of halogens is 1. The van der Waals surface area contributed by atoms with E-state index in [1.807, 2.05) is 40.0 Å². The van der Waals surface area contributed by atoms with Gasteiger partial charge < -0.3 is 34.0 Å². The topological polar surface area (TPSA) is 91.8 Å². The molecule has 0 bridgehead atoms. The highest BCUT2D eigenvalue weighted by Crippen LogP contribution is 2.28. The molecule has 1 aromatic carbocycles. The van der Waals surface area contributed by atoms with Crippen molar-refractivity contribution in [2.45, 2.75) is 58.3 Å². The predicted octanol–water partition coefficient (Wildman–Crippen LogP) is 4.10. The summed E-state index contributed by atoms with van der Waals surface area (Å²) < 4.78 is 32.3. The number of ether oxygens (including phenoxy) is 3. The average Bonchev–Trinajstić information content (AvgIpc) is 2.97. The molecule has 42 heavy (non-hydrogen) atoms. The molecule has 9 nitrogen and oxygen atoms in total. The predicted molar refractivity (Wildman–Crippen MR) is 160 cm³/mol. The summed E-state index contributed by atoms with van der Waals surface area (Å²) in [5, 5.41) is 10.6. The molecule has 1 N–H and O–H groups in total. The van der Waals surface area contributed by atoms with Gasteiger partial charge in [0.05, 0.1) is 25.7 Å². The van der Waals surface area contributed by atoms with Crippen LogP contribution >= 0.6 is 0 Å². The Morgan fingerprint density at radius 3 is 2.50 bits per heavy atom. The Kier molecular flexibility index (Phi) is 11.4. The Balaban J connectivity index is 1.56. The summed E-state index contributed by atoms with van der Waals surface area (Å²) in [6.45, 7) is 11.2. The molecular weight excluding hydrogens is 541 g/mol. The molecule has 1 aromatic rings. The lowest BCUT2D eigenvalue weighted by atomic mass is 9.91. The van der Waals surface area contributed by atoms with E-state index in [-0.39, 0.29) is 30.2 Å². The van der Waals surface area contributed by atoms with Crippen LogP contribution in [0.25, 0.3) is 6.08 Å².